The molecule has 2 aromatic heterocycles. The van der Waals surface area contributed by atoms with Crippen LogP contribution in [0.1, 0.15) is 35.4 Å². The van der Waals surface area contributed by atoms with Crippen molar-refractivity contribution in [3.05, 3.63) is 58.3 Å². The minimum atomic E-state index is -0.419. The molecule has 0 radical (unpaired) electrons. The van der Waals surface area contributed by atoms with Crippen molar-refractivity contribution in [3.63, 3.8) is 0 Å². The van der Waals surface area contributed by atoms with Crippen molar-refractivity contribution in [2.24, 2.45) is 0 Å². The van der Waals surface area contributed by atoms with Gasteiger partial charge in [-0.25, -0.2) is 4.98 Å². The Morgan fingerprint density at radius 2 is 2.12 bits per heavy atom. The molecule has 6 nitrogen and oxygen atoms in total. The number of benzene rings is 1. The summed E-state index contributed by atoms with van der Waals surface area (Å²) in [7, 11) is 0. The zero-order chi connectivity index (χ0) is 16.5. The monoisotopic (exact) mass is 322 g/mol. The number of fused-ring (bicyclic) bond motifs is 3. The molecular formula is C18H18N4O2. The van der Waals surface area contributed by atoms with Gasteiger partial charge in [0.1, 0.15) is 11.4 Å². The predicted molar refractivity (Wildman–Crippen MR) is 92.3 cm³/mol. The normalized spacial score (nSPS) is 14.2. The standard InChI is InChI=1S/C18H18N4O2/c23-17-13(5-4-9-19-17)18(24)20-12-7-8-15-14(11-12)21-16-6-2-1-3-10-22(15)16/h4-5,7-9,11H,1-3,6,10H2,(H,19,23)(H,20,24). The van der Waals surface area contributed by atoms with Gasteiger partial charge in [0.25, 0.3) is 11.5 Å². The van der Waals surface area contributed by atoms with Gasteiger partial charge in [-0.15, -0.1) is 0 Å². The molecule has 6 heteroatoms. The minimum Gasteiger partial charge on any atom is -0.328 e. The van der Waals surface area contributed by atoms with E-state index >= 15 is 0 Å². The van der Waals surface area contributed by atoms with E-state index in [9.17, 15) is 9.59 Å². The van der Waals surface area contributed by atoms with Crippen LogP contribution in [0.4, 0.5) is 5.69 Å². The Balaban J connectivity index is 1.65. The van der Waals surface area contributed by atoms with Crippen LogP contribution in [0.2, 0.25) is 0 Å². The number of rotatable bonds is 2. The van der Waals surface area contributed by atoms with E-state index in [-0.39, 0.29) is 5.56 Å². The maximum absolute atomic E-state index is 12.3. The fourth-order valence-electron chi connectivity index (χ4n) is 3.23. The number of imidazole rings is 1. The molecule has 1 aromatic carbocycles. The summed E-state index contributed by atoms with van der Waals surface area (Å²) in [5.41, 5.74) is 2.32. The Bertz CT molecular complexity index is 971. The molecule has 0 fully saturated rings. The first-order chi connectivity index (χ1) is 11.7. The molecule has 0 saturated carbocycles. The molecule has 3 aromatic rings. The number of hydrogen-bond donors (Lipinski definition) is 2. The number of carbonyl (C=O) groups excluding carboxylic acids is 1. The van der Waals surface area contributed by atoms with Crippen molar-refractivity contribution in [2.45, 2.75) is 32.2 Å². The SMILES string of the molecule is O=C(Nc1ccc2c(c1)nc1n2CCCCC1)c1ccc[nH]c1=O. The zero-order valence-corrected chi connectivity index (χ0v) is 13.2. The van der Waals surface area contributed by atoms with Gasteiger partial charge in [0.2, 0.25) is 0 Å². The summed E-state index contributed by atoms with van der Waals surface area (Å²) < 4.78 is 2.27. The Morgan fingerprint density at radius 1 is 1.21 bits per heavy atom. The quantitative estimate of drug-likeness (QED) is 0.761. The number of anilines is 1. The van der Waals surface area contributed by atoms with E-state index in [2.05, 4.69) is 14.9 Å². The van der Waals surface area contributed by atoms with E-state index in [4.69, 9.17) is 4.98 Å². The van der Waals surface area contributed by atoms with Gasteiger partial charge in [-0.3, -0.25) is 9.59 Å². The summed E-state index contributed by atoms with van der Waals surface area (Å²) in [6.07, 6.45) is 6.08. The van der Waals surface area contributed by atoms with Gasteiger partial charge < -0.3 is 14.9 Å². The Morgan fingerprint density at radius 3 is 3.00 bits per heavy atom. The van der Waals surface area contributed by atoms with E-state index in [1.807, 2.05) is 18.2 Å². The van der Waals surface area contributed by atoms with Crippen molar-refractivity contribution in [1.82, 2.24) is 14.5 Å². The van der Waals surface area contributed by atoms with Gasteiger partial charge in [-0.2, -0.15) is 0 Å². The first-order valence-corrected chi connectivity index (χ1v) is 8.20. The molecule has 0 bridgehead atoms. The summed E-state index contributed by atoms with van der Waals surface area (Å²) in [4.78, 5) is 31.2. The molecule has 4 rings (SSSR count). The second-order valence-corrected chi connectivity index (χ2v) is 6.06. The van der Waals surface area contributed by atoms with Gasteiger partial charge in [-0.1, -0.05) is 6.42 Å². The second-order valence-electron chi connectivity index (χ2n) is 6.06. The number of aromatic amines is 1. The highest BCUT2D eigenvalue weighted by atomic mass is 16.2. The average molecular weight is 322 g/mol. The molecule has 0 atom stereocenters. The van der Waals surface area contributed by atoms with Crippen molar-refractivity contribution in [3.8, 4) is 0 Å². The number of hydrogen-bond acceptors (Lipinski definition) is 3. The minimum absolute atomic E-state index is 0.0956. The highest BCUT2D eigenvalue weighted by Gasteiger charge is 2.15. The molecular weight excluding hydrogens is 304 g/mol. The molecule has 122 valence electrons. The number of aryl methyl sites for hydroxylation is 2. The van der Waals surface area contributed by atoms with Crippen LogP contribution in [-0.4, -0.2) is 20.4 Å². The highest BCUT2D eigenvalue weighted by Crippen LogP contribution is 2.24. The van der Waals surface area contributed by atoms with Crippen LogP contribution >= 0.6 is 0 Å². The fraction of sp³-hybridized carbons (Fsp3) is 0.278. The average Bonchev–Trinajstić information content (AvgIpc) is 2.75. The van der Waals surface area contributed by atoms with Crippen LogP contribution in [0, 0.1) is 0 Å². The van der Waals surface area contributed by atoms with E-state index in [1.54, 1.807) is 6.07 Å². The second kappa shape index (κ2) is 5.96. The lowest BCUT2D eigenvalue weighted by atomic mass is 10.2. The molecule has 2 N–H and O–H groups in total. The van der Waals surface area contributed by atoms with Crippen LogP contribution < -0.4 is 10.9 Å². The molecule has 0 unspecified atom stereocenters. The Kier molecular flexibility index (Phi) is 3.65. The van der Waals surface area contributed by atoms with Gasteiger partial charge in [0, 0.05) is 24.8 Å². The molecule has 0 aliphatic carbocycles. The summed E-state index contributed by atoms with van der Waals surface area (Å²) in [5.74, 6) is 0.697. The summed E-state index contributed by atoms with van der Waals surface area (Å²) in [6.45, 7) is 0.997. The Hall–Kier alpha value is -2.89. The largest absolute Gasteiger partial charge is 0.328 e. The van der Waals surface area contributed by atoms with Gasteiger partial charge in [0.05, 0.1) is 11.0 Å². The molecule has 0 saturated heterocycles. The van der Waals surface area contributed by atoms with E-state index in [0.29, 0.717) is 5.69 Å². The van der Waals surface area contributed by atoms with Crippen LogP contribution in [0.15, 0.2) is 41.3 Å². The third-order valence-corrected chi connectivity index (χ3v) is 4.43. The van der Waals surface area contributed by atoms with Crippen LogP contribution in [-0.2, 0) is 13.0 Å². The van der Waals surface area contributed by atoms with Crippen molar-refractivity contribution in [2.75, 3.05) is 5.32 Å². The van der Waals surface area contributed by atoms with Crippen LogP contribution in [0.3, 0.4) is 0 Å². The number of nitrogens with zero attached hydrogens (tertiary/aromatic N) is 2. The molecule has 0 spiro atoms. The van der Waals surface area contributed by atoms with E-state index in [0.717, 1.165) is 29.8 Å². The third kappa shape index (κ3) is 2.60. The number of pyridine rings is 1. The lowest BCUT2D eigenvalue weighted by Crippen LogP contribution is -2.22. The van der Waals surface area contributed by atoms with Gasteiger partial charge in [0.15, 0.2) is 0 Å². The van der Waals surface area contributed by atoms with Gasteiger partial charge in [-0.05, 0) is 43.2 Å². The fourth-order valence-corrected chi connectivity index (χ4v) is 3.23. The van der Waals surface area contributed by atoms with Gasteiger partial charge >= 0.3 is 0 Å². The third-order valence-electron chi connectivity index (χ3n) is 4.43. The first kappa shape index (κ1) is 14.7. The molecule has 1 amide bonds. The van der Waals surface area contributed by atoms with E-state index in [1.165, 1.54) is 31.5 Å². The maximum Gasteiger partial charge on any atom is 0.261 e. The molecule has 1 aliphatic rings. The number of nitrogens with one attached hydrogen (secondary N) is 2. The van der Waals surface area contributed by atoms with E-state index < -0.39 is 11.5 Å². The number of amides is 1. The molecule has 3 heterocycles. The number of H-pyrrole nitrogens is 1. The van der Waals surface area contributed by atoms with Crippen molar-refractivity contribution < 1.29 is 4.79 Å². The van der Waals surface area contributed by atoms with Crippen LogP contribution in [0.25, 0.3) is 11.0 Å². The lowest BCUT2D eigenvalue weighted by Gasteiger charge is -2.06. The lowest BCUT2D eigenvalue weighted by molar-refractivity contribution is 0.102. The van der Waals surface area contributed by atoms with Crippen molar-refractivity contribution >= 4 is 22.6 Å². The summed E-state index contributed by atoms with van der Waals surface area (Å²) in [5, 5.41) is 2.78. The smallest absolute Gasteiger partial charge is 0.261 e. The Labute approximate surface area is 138 Å². The molecule has 24 heavy (non-hydrogen) atoms. The van der Waals surface area contributed by atoms with Crippen LogP contribution in [0.5, 0.6) is 0 Å². The summed E-state index contributed by atoms with van der Waals surface area (Å²) >= 11 is 0. The zero-order valence-electron chi connectivity index (χ0n) is 13.2. The summed E-state index contributed by atoms with van der Waals surface area (Å²) in [6, 6.07) is 8.85. The highest BCUT2D eigenvalue weighted by molar-refractivity contribution is 6.04. The topological polar surface area (TPSA) is 79.8 Å². The predicted octanol–water partition coefficient (Wildman–Crippen LogP) is 2.70. The molecule has 1 aliphatic heterocycles. The number of aromatic nitrogens is 3. The first-order valence-electron chi connectivity index (χ1n) is 8.20. The van der Waals surface area contributed by atoms with Crippen molar-refractivity contribution in [1.29, 1.82) is 0 Å². The number of carbonyl (C=O) groups is 1. The maximum atomic E-state index is 12.3.